The van der Waals surface area contributed by atoms with E-state index in [2.05, 4.69) is 26.2 Å². The van der Waals surface area contributed by atoms with Crippen molar-refractivity contribution in [2.45, 2.75) is 6.54 Å². The van der Waals surface area contributed by atoms with E-state index in [-0.39, 0.29) is 17.8 Å². The summed E-state index contributed by atoms with van der Waals surface area (Å²) in [5.41, 5.74) is 0.283. The Morgan fingerprint density at radius 3 is 2.83 bits per heavy atom. The van der Waals surface area contributed by atoms with E-state index in [0.717, 1.165) is 4.47 Å². The van der Waals surface area contributed by atoms with Gasteiger partial charge in [-0.15, -0.1) is 0 Å². The number of para-hydroxylation sites is 1. The largest absolute Gasteiger partial charge is 0.322 e. The maximum Gasteiger partial charge on any atom is 0.261 e. The second-order valence-corrected chi connectivity index (χ2v) is 5.78. The van der Waals surface area contributed by atoms with Crippen LogP contribution in [0.1, 0.15) is 0 Å². The fourth-order valence-corrected chi connectivity index (χ4v) is 2.51. The molecule has 0 aliphatic heterocycles. The smallest absolute Gasteiger partial charge is 0.261 e. The second kappa shape index (κ2) is 6.29. The fraction of sp³-hybridized carbons (Fsp3) is 0.0625. The monoisotopic (exact) mass is 375 g/mol. The molecule has 0 aliphatic carbocycles. The molecule has 0 bridgehead atoms. The van der Waals surface area contributed by atoms with E-state index < -0.39 is 11.7 Å². The first kappa shape index (κ1) is 15.4. The second-order valence-electron chi connectivity index (χ2n) is 4.87. The van der Waals surface area contributed by atoms with Gasteiger partial charge in [-0.1, -0.05) is 28.1 Å². The third kappa shape index (κ3) is 3.29. The number of rotatable bonds is 3. The molecule has 2 aromatic carbocycles. The summed E-state index contributed by atoms with van der Waals surface area (Å²) in [6.07, 6.45) is 1.31. The first-order valence-electron chi connectivity index (χ1n) is 6.73. The Morgan fingerprint density at radius 2 is 2.04 bits per heavy atom. The van der Waals surface area contributed by atoms with Crippen molar-refractivity contribution in [1.29, 1.82) is 0 Å². The van der Waals surface area contributed by atoms with E-state index in [1.54, 1.807) is 24.3 Å². The van der Waals surface area contributed by atoms with Crippen LogP contribution in [0.25, 0.3) is 10.9 Å². The van der Waals surface area contributed by atoms with E-state index in [1.165, 1.54) is 29.1 Å². The van der Waals surface area contributed by atoms with Crippen molar-refractivity contribution >= 4 is 38.4 Å². The highest BCUT2D eigenvalue weighted by molar-refractivity contribution is 9.10. The Balaban J connectivity index is 1.87. The van der Waals surface area contributed by atoms with Crippen molar-refractivity contribution in [1.82, 2.24) is 9.55 Å². The van der Waals surface area contributed by atoms with E-state index in [0.29, 0.717) is 10.9 Å². The number of hydrogen-bond acceptors (Lipinski definition) is 3. The van der Waals surface area contributed by atoms with Crippen molar-refractivity contribution in [3.8, 4) is 0 Å². The lowest BCUT2D eigenvalue weighted by molar-refractivity contribution is -0.116. The van der Waals surface area contributed by atoms with Gasteiger partial charge in [0.1, 0.15) is 12.4 Å². The van der Waals surface area contributed by atoms with Gasteiger partial charge in [-0.3, -0.25) is 14.2 Å². The van der Waals surface area contributed by atoms with Gasteiger partial charge in [-0.2, -0.15) is 0 Å². The van der Waals surface area contributed by atoms with Gasteiger partial charge >= 0.3 is 0 Å². The normalized spacial score (nSPS) is 10.7. The lowest BCUT2D eigenvalue weighted by Gasteiger charge is -2.08. The Labute approximate surface area is 138 Å². The van der Waals surface area contributed by atoms with Gasteiger partial charge in [-0.25, -0.2) is 9.37 Å². The number of hydrogen-bond donors (Lipinski definition) is 1. The lowest BCUT2D eigenvalue weighted by atomic mass is 10.2. The Kier molecular flexibility index (Phi) is 4.20. The van der Waals surface area contributed by atoms with Gasteiger partial charge < -0.3 is 5.32 Å². The number of aromatic nitrogens is 2. The number of fused-ring (bicyclic) bond motifs is 1. The van der Waals surface area contributed by atoms with Crippen molar-refractivity contribution in [3.63, 3.8) is 0 Å². The van der Waals surface area contributed by atoms with Crippen LogP contribution in [0.5, 0.6) is 0 Å². The third-order valence-electron chi connectivity index (χ3n) is 3.25. The SMILES string of the molecule is O=C(Cn1cnc2ccc(Br)cc2c1=O)Nc1ccccc1F. The molecule has 0 atom stereocenters. The molecule has 0 spiro atoms. The van der Waals surface area contributed by atoms with E-state index in [9.17, 15) is 14.0 Å². The molecule has 5 nitrogen and oxygen atoms in total. The first-order valence-corrected chi connectivity index (χ1v) is 7.53. The maximum absolute atomic E-state index is 13.5. The number of halogens is 2. The number of carbonyl (C=O) groups is 1. The van der Waals surface area contributed by atoms with Gasteiger partial charge in [0.05, 0.1) is 22.9 Å². The van der Waals surface area contributed by atoms with Crippen LogP contribution < -0.4 is 10.9 Å². The molecule has 1 heterocycles. The molecule has 0 unspecified atom stereocenters. The molecule has 116 valence electrons. The molecule has 3 aromatic rings. The molecule has 0 fully saturated rings. The zero-order chi connectivity index (χ0) is 16.4. The van der Waals surface area contributed by atoms with Crippen molar-refractivity contribution in [3.05, 3.63) is 69.4 Å². The highest BCUT2D eigenvalue weighted by Gasteiger charge is 2.10. The molecular formula is C16H11BrFN3O2. The summed E-state index contributed by atoms with van der Waals surface area (Å²) in [5.74, 6) is -1.04. The van der Waals surface area contributed by atoms with Gasteiger partial charge in [0, 0.05) is 4.47 Å². The number of amides is 1. The molecule has 0 radical (unpaired) electrons. The summed E-state index contributed by atoms with van der Waals surface area (Å²) in [7, 11) is 0. The molecular weight excluding hydrogens is 365 g/mol. The highest BCUT2D eigenvalue weighted by atomic mass is 79.9. The summed E-state index contributed by atoms with van der Waals surface area (Å²) in [6, 6.07) is 11.0. The molecule has 1 amide bonds. The minimum absolute atomic E-state index is 0.0713. The average molecular weight is 376 g/mol. The summed E-state index contributed by atoms with van der Waals surface area (Å²) in [5, 5.41) is 2.84. The Morgan fingerprint density at radius 1 is 1.26 bits per heavy atom. The number of carbonyl (C=O) groups excluding carboxylic acids is 1. The van der Waals surface area contributed by atoms with Gasteiger partial charge in [0.15, 0.2) is 0 Å². The van der Waals surface area contributed by atoms with Crippen LogP contribution in [0.3, 0.4) is 0 Å². The zero-order valence-electron chi connectivity index (χ0n) is 11.8. The Bertz CT molecular complexity index is 955. The number of nitrogens with one attached hydrogen (secondary N) is 1. The van der Waals surface area contributed by atoms with Crippen LogP contribution in [-0.4, -0.2) is 15.5 Å². The van der Waals surface area contributed by atoms with Crippen LogP contribution in [0.4, 0.5) is 10.1 Å². The maximum atomic E-state index is 13.5. The fourth-order valence-electron chi connectivity index (χ4n) is 2.15. The predicted molar refractivity (Wildman–Crippen MR) is 88.7 cm³/mol. The van der Waals surface area contributed by atoms with Crippen molar-refractivity contribution < 1.29 is 9.18 Å². The minimum atomic E-state index is -0.534. The van der Waals surface area contributed by atoms with Gasteiger partial charge in [0.25, 0.3) is 5.56 Å². The van der Waals surface area contributed by atoms with Crippen molar-refractivity contribution in [2.24, 2.45) is 0 Å². The summed E-state index contributed by atoms with van der Waals surface area (Å²) >= 11 is 3.30. The number of anilines is 1. The molecule has 7 heteroatoms. The molecule has 1 aromatic heterocycles. The zero-order valence-corrected chi connectivity index (χ0v) is 13.4. The number of benzene rings is 2. The van der Waals surface area contributed by atoms with E-state index >= 15 is 0 Å². The quantitative estimate of drug-likeness (QED) is 0.765. The first-order chi connectivity index (χ1) is 11.0. The van der Waals surface area contributed by atoms with Crippen LogP contribution >= 0.6 is 15.9 Å². The third-order valence-corrected chi connectivity index (χ3v) is 3.74. The minimum Gasteiger partial charge on any atom is -0.322 e. The predicted octanol–water partition coefficient (Wildman–Crippen LogP) is 2.94. The molecule has 23 heavy (non-hydrogen) atoms. The summed E-state index contributed by atoms with van der Waals surface area (Å²) in [4.78, 5) is 28.5. The summed E-state index contributed by atoms with van der Waals surface area (Å²) in [6.45, 7) is -0.247. The van der Waals surface area contributed by atoms with E-state index in [4.69, 9.17) is 0 Å². The molecule has 1 N–H and O–H groups in total. The lowest BCUT2D eigenvalue weighted by Crippen LogP contribution is -2.28. The molecule has 0 aliphatic rings. The number of nitrogens with zero attached hydrogens (tertiary/aromatic N) is 2. The van der Waals surface area contributed by atoms with Crippen LogP contribution in [-0.2, 0) is 11.3 Å². The van der Waals surface area contributed by atoms with Gasteiger partial charge in [-0.05, 0) is 30.3 Å². The highest BCUT2D eigenvalue weighted by Crippen LogP contribution is 2.15. The standard InChI is InChI=1S/C16H11BrFN3O2/c17-10-5-6-13-11(7-10)16(23)21(9-19-13)8-15(22)20-14-4-2-1-3-12(14)18/h1-7,9H,8H2,(H,20,22). The van der Waals surface area contributed by atoms with Crippen LogP contribution in [0.2, 0.25) is 0 Å². The topological polar surface area (TPSA) is 64.0 Å². The van der Waals surface area contributed by atoms with Gasteiger partial charge in [0.2, 0.25) is 5.91 Å². The summed E-state index contributed by atoms with van der Waals surface area (Å²) < 4.78 is 15.5. The van der Waals surface area contributed by atoms with E-state index in [1.807, 2.05) is 0 Å². The molecule has 0 saturated heterocycles. The average Bonchev–Trinajstić information content (AvgIpc) is 2.53. The van der Waals surface area contributed by atoms with Crippen LogP contribution in [0, 0.1) is 5.82 Å². The molecule has 3 rings (SSSR count). The van der Waals surface area contributed by atoms with Crippen LogP contribution in [0.15, 0.2) is 58.1 Å². The Hall–Kier alpha value is -2.54. The molecule has 0 saturated carbocycles. The van der Waals surface area contributed by atoms with Crippen molar-refractivity contribution in [2.75, 3.05) is 5.32 Å².